The van der Waals surface area contributed by atoms with Crippen LogP contribution < -0.4 is 14.4 Å². The Hall–Kier alpha value is -2.37. The summed E-state index contributed by atoms with van der Waals surface area (Å²) < 4.78 is 9.53. The molecule has 0 saturated carbocycles. The van der Waals surface area contributed by atoms with Crippen molar-refractivity contribution in [2.24, 2.45) is 7.05 Å². The zero-order valence-electron chi connectivity index (χ0n) is 14.8. The van der Waals surface area contributed by atoms with E-state index in [1.165, 1.54) is 0 Å². The summed E-state index contributed by atoms with van der Waals surface area (Å²) in [5.41, 5.74) is 3.25. The first-order chi connectivity index (χ1) is 11.3. The first kappa shape index (κ1) is 16.5. The quantitative estimate of drug-likeness (QED) is 0.787. The van der Waals surface area contributed by atoms with Crippen LogP contribution in [0.15, 0.2) is 6.33 Å². The Bertz CT molecular complexity index is 804. The minimum absolute atomic E-state index is 0.00431. The number of hydrogen-bond acceptors (Lipinski definition) is 4. The van der Waals surface area contributed by atoms with Gasteiger partial charge in [0, 0.05) is 12.0 Å². The third-order valence-corrected chi connectivity index (χ3v) is 4.99. The molecule has 1 aliphatic rings. The van der Waals surface area contributed by atoms with E-state index >= 15 is 0 Å². The van der Waals surface area contributed by atoms with Crippen LogP contribution in [0.4, 0.5) is 0 Å². The molecule has 1 unspecified atom stereocenters. The zero-order valence-corrected chi connectivity index (χ0v) is 14.8. The number of Topliss-reactive ketones (excluding diaryl/α,β-unsaturated/α-hetero) is 1. The van der Waals surface area contributed by atoms with Gasteiger partial charge < -0.3 is 9.84 Å². The molecule has 2 aromatic rings. The van der Waals surface area contributed by atoms with Crippen LogP contribution in [0.5, 0.6) is 11.5 Å². The van der Waals surface area contributed by atoms with Gasteiger partial charge in [0.2, 0.25) is 12.1 Å². The molecule has 1 aliphatic heterocycles. The van der Waals surface area contributed by atoms with Crippen LogP contribution >= 0.6 is 0 Å². The largest absolute Gasteiger partial charge is 0.872 e. The van der Waals surface area contributed by atoms with Gasteiger partial charge in [0.25, 0.3) is 5.82 Å². The van der Waals surface area contributed by atoms with Gasteiger partial charge in [-0.25, -0.2) is 4.57 Å². The SMILES string of the molecule is Cc1c(C)c2c(c(C)c1[O-])CCC(C(=O)Cn1c[n+](C)c(C)n1)O2. The van der Waals surface area contributed by atoms with E-state index < -0.39 is 6.10 Å². The minimum atomic E-state index is -0.484. The van der Waals surface area contributed by atoms with Crippen molar-refractivity contribution in [3.05, 3.63) is 34.4 Å². The number of carbonyl (C=O) groups is 1. The second kappa shape index (κ2) is 5.92. The molecule has 0 bridgehead atoms. The van der Waals surface area contributed by atoms with E-state index in [1.807, 2.05) is 39.3 Å². The molecule has 128 valence electrons. The number of carbonyl (C=O) groups excluding carboxylic acids is 1. The highest BCUT2D eigenvalue weighted by Crippen LogP contribution is 2.39. The number of fused-ring (bicyclic) bond motifs is 1. The van der Waals surface area contributed by atoms with Crippen LogP contribution in [0.1, 0.15) is 34.5 Å². The Morgan fingerprint density at radius 1 is 1.33 bits per heavy atom. The van der Waals surface area contributed by atoms with Crippen molar-refractivity contribution in [3.63, 3.8) is 0 Å². The van der Waals surface area contributed by atoms with Crippen molar-refractivity contribution in [1.82, 2.24) is 9.78 Å². The van der Waals surface area contributed by atoms with Crippen LogP contribution in [-0.4, -0.2) is 21.7 Å². The standard InChI is InChI=1S/C18H23N3O3/c1-10-11(2)18-14(12(3)17(10)23)6-7-16(24-18)15(22)8-21-9-20(5)13(4)19-21/h9,16H,6-8H2,1-5H3. The number of aromatic nitrogens is 3. The van der Waals surface area contributed by atoms with Gasteiger partial charge in [-0.3, -0.25) is 4.79 Å². The number of nitrogens with zero attached hydrogens (tertiary/aromatic N) is 3. The van der Waals surface area contributed by atoms with Crippen LogP contribution in [0.2, 0.25) is 0 Å². The fraction of sp³-hybridized carbons (Fsp3) is 0.500. The lowest BCUT2D eigenvalue weighted by Crippen LogP contribution is -2.35. The fourth-order valence-corrected chi connectivity index (χ4v) is 3.22. The van der Waals surface area contributed by atoms with Crippen LogP contribution in [-0.2, 0) is 24.8 Å². The third kappa shape index (κ3) is 2.66. The summed E-state index contributed by atoms with van der Waals surface area (Å²) in [7, 11) is 1.89. The van der Waals surface area contributed by atoms with Gasteiger partial charge in [-0.05, 0) is 44.7 Å². The normalized spacial score (nSPS) is 16.6. The lowest BCUT2D eigenvalue weighted by atomic mass is 9.91. The summed E-state index contributed by atoms with van der Waals surface area (Å²) >= 11 is 0. The summed E-state index contributed by atoms with van der Waals surface area (Å²) in [4.78, 5) is 12.6. The average molecular weight is 329 g/mol. The summed E-state index contributed by atoms with van der Waals surface area (Å²) in [6, 6.07) is 0. The summed E-state index contributed by atoms with van der Waals surface area (Å²) in [6.45, 7) is 7.62. The fourth-order valence-electron chi connectivity index (χ4n) is 3.22. The van der Waals surface area contributed by atoms with Gasteiger partial charge in [0.15, 0.2) is 12.6 Å². The van der Waals surface area contributed by atoms with Crippen molar-refractivity contribution in [3.8, 4) is 11.5 Å². The molecule has 6 heteroatoms. The number of rotatable bonds is 3. The van der Waals surface area contributed by atoms with Crippen molar-refractivity contribution >= 4 is 5.78 Å². The molecule has 3 rings (SSSR count). The number of ketones is 1. The Labute approximate surface area is 141 Å². The molecular weight excluding hydrogens is 306 g/mol. The van der Waals surface area contributed by atoms with Crippen LogP contribution in [0, 0.1) is 27.7 Å². The summed E-state index contributed by atoms with van der Waals surface area (Å²) in [5.74, 6) is 1.66. The number of hydrogen-bond donors (Lipinski definition) is 0. The van der Waals surface area contributed by atoms with Gasteiger partial charge in [-0.2, -0.15) is 0 Å². The van der Waals surface area contributed by atoms with Crippen molar-refractivity contribution in [1.29, 1.82) is 0 Å². The highest BCUT2D eigenvalue weighted by molar-refractivity contribution is 5.83. The molecule has 0 amide bonds. The Morgan fingerprint density at radius 3 is 2.67 bits per heavy atom. The van der Waals surface area contributed by atoms with Gasteiger partial charge >= 0.3 is 0 Å². The number of benzene rings is 1. The molecule has 1 aromatic heterocycles. The Balaban J connectivity index is 1.83. The van der Waals surface area contributed by atoms with Crippen LogP contribution in [0.3, 0.4) is 0 Å². The monoisotopic (exact) mass is 329 g/mol. The number of ether oxygens (including phenoxy) is 1. The molecule has 1 atom stereocenters. The maximum atomic E-state index is 12.6. The topological polar surface area (TPSA) is 71.1 Å². The smallest absolute Gasteiger partial charge is 0.274 e. The number of aryl methyl sites for hydroxylation is 2. The molecule has 0 spiro atoms. The highest BCUT2D eigenvalue weighted by atomic mass is 16.5. The lowest BCUT2D eigenvalue weighted by molar-refractivity contribution is -0.678. The molecule has 0 saturated heterocycles. The van der Waals surface area contributed by atoms with Gasteiger partial charge in [0.05, 0.1) is 7.05 Å². The summed E-state index contributed by atoms with van der Waals surface area (Å²) in [5, 5.41) is 16.5. The molecular formula is C18H23N3O3. The molecule has 0 fully saturated rings. The maximum Gasteiger partial charge on any atom is 0.274 e. The third-order valence-electron chi connectivity index (χ3n) is 4.99. The second-order valence-corrected chi connectivity index (χ2v) is 6.59. The lowest BCUT2D eigenvalue weighted by Gasteiger charge is -2.31. The van der Waals surface area contributed by atoms with E-state index in [1.54, 1.807) is 11.0 Å². The van der Waals surface area contributed by atoms with Gasteiger partial charge in [-0.1, -0.05) is 11.1 Å². The molecule has 0 aliphatic carbocycles. The van der Waals surface area contributed by atoms with E-state index in [9.17, 15) is 9.90 Å². The maximum absolute atomic E-state index is 12.6. The van der Waals surface area contributed by atoms with E-state index in [4.69, 9.17) is 4.74 Å². The highest BCUT2D eigenvalue weighted by Gasteiger charge is 2.30. The van der Waals surface area contributed by atoms with Crippen molar-refractivity contribution < 1.29 is 19.2 Å². The van der Waals surface area contributed by atoms with Crippen molar-refractivity contribution in [2.45, 2.75) is 53.2 Å². The zero-order chi connectivity index (χ0) is 17.6. The first-order valence-electron chi connectivity index (χ1n) is 8.18. The van der Waals surface area contributed by atoms with E-state index in [2.05, 4.69) is 5.10 Å². The van der Waals surface area contributed by atoms with Gasteiger partial charge in [0.1, 0.15) is 5.75 Å². The molecule has 0 radical (unpaired) electrons. The predicted molar refractivity (Wildman–Crippen MR) is 86.0 cm³/mol. The minimum Gasteiger partial charge on any atom is -0.872 e. The van der Waals surface area contributed by atoms with E-state index in [0.29, 0.717) is 18.4 Å². The molecule has 1 aromatic carbocycles. The second-order valence-electron chi connectivity index (χ2n) is 6.59. The van der Waals surface area contributed by atoms with E-state index in [0.717, 1.165) is 28.3 Å². The molecule has 2 heterocycles. The Morgan fingerprint density at radius 2 is 2.04 bits per heavy atom. The van der Waals surface area contributed by atoms with E-state index in [-0.39, 0.29) is 18.1 Å². The van der Waals surface area contributed by atoms with Gasteiger partial charge in [-0.15, -0.1) is 10.4 Å². The Kier molecular flexibility index (Phi) is 4.07. The first-order valence-corrected chi connectivity index (χ1v) is 8.18. The van der Waals surface area contributed by atoms with Crippen LogP contribution in [0.25, 0.3) is 0 Å². The molecule has 0 N–H and O–H groups in total. The molecule has 6 nitrogen and oxygen atoms in total. The predicted octanol–water partition coefficient (Wildman–Crippen LogP) is 0.978. The summed E-state index contributed by atoms with van der Waals surface area (Å²) in [6.07, 6.45) is 2.61. The average Bonchev–Trinajstić information content (AvgIpc) is 2.87. The van der Waals surface area contributed by atoms with Crippen molar-refractivity contribution in [2.75, 3.05) is 0 Å². The molecule has 24 heavy (non-hydrogen) atoms.